The molecule has 4 rings (SSSR count). The molecular formula is C27H36N4O2S. The Labute approximate surface area is 207 Å². The lowest BCUT2D eigenvalue weighted by Crippen LogP contribution is -2.49. The van der Waals surface area contributed by atoms with E-state index in [1.807, 2.05) is 41.8 Å². The molecule has 182 valence electrons. The van der Waals surface area contributed by atoms with Gasteiger partial charge >= 0.3 is 0 Å². The van der Waals surface area contributed by atoms with Crippen LogP contribution < -0.4 is 0 Å². The van der Waals surface area contributed by atoms with Crippen molar-refractivity contribution in [1.29, 1.82) is 10.8 Å². The summed E-state index contributed by atoms with van der Waals surface area (Å²) in [6.45, 7) is 5.18. The Balaban J connectivity index is 1.46. The number of hydrogen-bond donors (Lipinski definition) is 2. The van der Waals surface area contributed by atoms with Crippen molar-refractivity contribution in [2.24, 2.45) is 0 Å². The lowest BCUT2D eigenvalue weighted by Gasteiger charge is -2.37. The van der Waals surface area contributed by atoms with E-state index in [1.54, 1.807) is 0 Å². The molecule has 0 radical (unpaired) electrons. The van der Waals surface area contributed by atoms with Crippen molar-refractivity contribution in [1.82, 2.24) is 9.80 Å². The number of fused-ring (bicyclic) bond motifs is 1. The molecule has 1 saturated carbocycles. The maximum absolute atomic E-state index is 12.9. The number of rotatable bonds is 5. The van der Waals surface area contributed by atoms with Gasteiger partial charge in [0.15, 0.2) is 5.17 Å². The van der Waals surface area contributed by atoms with Crippen LogP contribution in [0.3, 0.4) is 0 Å². The zero-order valence-electron chi connectivity index (χ0n) is 20.3. The van der Waals surface area contributed by atoms with E-state index in [1.165, 1.54) is 23.6 Å². The minimum absolute atomic E-state index is 0.0322. The van der Waals surface area contributed by atoms with E-state index >= 15 is 0 Å². The Morgan fingerprint density at radius 2 is 1.71 bits per heavy atom. The lowest BCUT2D eigenvalue weighted by molar-refractivity contribution is -0.140. The summed E-state index contributed by atoms with van der Waals surface area (Å²) in [7, 11) is 0. The van der Waals surface area contributed by atoms with Gasteiger partial charge in [0.05, 0.1) is 18.0 Å². The third-order valence-corrected chi connectivity index (χ3v) is 7.65. The predicted octanol–water partition coefficient (Wildman–Crippen LogP) is 5.30. The third-order valence-electron chi connectivity index (χ3n) is 6.79. The molecule has 0 aromatic heterocycles. The van der Waals surface area contributed by atoms with Crippen molar-refractivity contribution >= 4 is 39.4 Å². The molecular weight excluding hydrogens is 444 g/mol. The van der Waals surface area contributed by atoms with Crippen LogP contribution in [0, 0.1) is 10.8 Å². The van der Waals surface area contributed by atoms with Crippen LogP contribution in [0.1, 0.15) is 51.5 Å². The number of carbonyl (C=O) groups is 1. The summed E-state index contributed by atoms with van der Waals surface area (Å²) in [5.74, 6) is 0.714. The largest absolute Gasteiger partial charge is 0.372 e. The number of amides is 1. The number of nitrogens with zero attached hydrogens (tertiary/aromatic N) is 2. The van der Waals surface area contributed by atoms with Crippen molar-refractivity contribution in [3.63, 3.8) is 0 Å². The summed E-state index contributed by atoms with van der Waals surface area (Å²) in [6.07, 6.45) is 6.00. The van der Waals surface area contributed by atoms with Crippen LogP contribution in [-0.2, 0) is 16.0 Å². The first-order chi connectivity index (χ1) is 16.4. The summed E-state index contributed by atoms with van der Waals surface area (Å²) in [6, 6.07) is 14.6. The highest BCUT2D eigenvalue weighted by molar-refractivity contribution is 8.14. The molecule has 34 heavy (non-hydrogen) atoms. The first kappa shape index (κ1) is 24.7. The molecule has 2 atom stereocenters. The van der Waals surface area contributed by atoms with Gasteiger partial charge in [-0.15, -0.1) is 0 Å². The highest BCUT2D eigenvalue weighted by Crippen LogP contribution is 2.27. The van der Waals surface area contributed by atoms with E-state index in [4.69, 9.17) is 15.6 Å². The predicted molar refractivity (Wildman–Crippen MR) is 141 cm³/mol. The van der Waals surface area contributed by atoms with Crippen molar-refractivity contribution in [3.8, 4) is 0 Å². The number of ether oxygens (including phenoxy) is 1. The molecule has 1 aliphatic heterocycles. The normalized spacial score (nSPS) is 21.4. The highest BCUT2D eigenvalue weighted by Gasteiger charge is 2.30. The fourth-order valence-electron chi connectivity index (χ4n) is 5.23. The van der Waals surface area contributed by atoms with E-state index in [-0.39, 0.29) is 29.9 Å². The van der Waals surface area contributed by atoms with Gasteiger partial charge in [-0.3, -0.25) is 15.6 Å². The van der Waals surface area contributed by atoms with Gasteiger partial charge in [0.2, 0.25) is 5.91 Å². The van der Waals surface area contributed by atoms with Gasteiger partial charge in [-0.25, -0.2) is 0 Å². The lowest BCUT2D eigenvalue weighted by atomic mass is 9.93. The Morgan fingerprint density at radius 1 is 1.03 bits per heavy atom. The second kappa shape index (κ2) is 11.4. The summed E-state index contributed by atoms with van der Waals surface area (Å²) in [5, 5.41) is 20.5. The van der Waals surface area contributed by atoms with Crippen LogP contribution in [0.5, 0.6) is 0 Å². The van der Waals surface area contributed by atoms with E-state index in [9.17, 15) is 4.79 Å². The second-order valence-electron chi connectivity index (χ2n) is 9.57. The van der Waals surface area contributed by atoms with Crippen LogP contribution in [0.4, 0.5) is 0 Å². The molecule has 2 unspecified atom stereocenters. The molecule has 6 nitrogen and oxygen atoms in total. The van der Waals surface area contributed by atoms with Gasteiger partial charge in [-0.05, 0) is 43.0 Å². The molecule has 1 saturated heterocycles. The average molecular weight is 481 g/mol. The van der Waals surface area contributed by atoms with Gasteiger partial charge < -0.3 is 14.5 Å². The molecule has 2 aromatic carbocycles. The van der Waals surface area contributed by atoms with Crippen LogP contribution in [0.25, 0.3) is 10.8 Å². The van der Waals surface area contributed by atoms with E-state index in [2.05, 4.69) is 24.3 Å². The number of benzene rings is 2. The monoisotopic (exact) mass is 480 g/mol. The fourth-order valence-corrected chi connectivity index (χ4v) is 6.07. The first-order valence-corrected chi connectivity index (χ1v) is 13.4. The third kappa shape index (κ3) is 5.99. The molecule has 0 spiro atoms. The van der Waals surface area contributed by atoms with Crippen molar-refractivity contribution in [2.75, 3.05) is 18.8 Å². The number of nitrogens with one attached hydrogen (secondary N) is 2. The highest BCUT2D eigenvalue weighted by atomic mass is 32.2. The standard InChI is InChI=1S/C27H36N4O2S/c1-19-16-30(17-20(2)33-19)26(32)18-34-27(29)31(23-12-4-3-5-13-23)25(28)15-22-11-8-10-21-9-6-7-14-24(21)22/h6-11,14,19-20,23,28-29H,3-5,12-13,15-18H2,1-2H3. The van der Waals surface area contributed by atoms with Crippen molar-refractivity contribution < 1.29 is 9.53 Å². The Morgan fingerprint density at radius 3 is 2.44 bits per heavy atom. The average Bonchev–Trinajstić information content (AvgIpc) is 2.83. The molecule has 1 heterocycles. The number of hydrogen-bond acceptors (Lipinski definition) is 5. The van der Waals surface area contributed by atoms with Crippen molar-refractivity contribution in [2.45, 2.75) is 70.6 Å². The van der Waals surface area contributed by atoms with E-state index < -0.39 is 0 Å². The van der Waals surface area contributed by atoms with Gasteiger partial charge in [-0.1, -0.05) is 73.5 Å². The summed E-state index contributed by atoms with van der Waals surface area (Å²) >= 11 is 1.26. The zero-order chi connectivity index (χ0) is 24.1. The minimum atomic E-state index is 0.0322. The van der Waals surface area contributed by atoms with Gasteiger partial charge in [0.1, 0.15) is 5.84 Å². The Bertz CT molecular complexity index is 1020. The SMILES string of the molecule is CC1CN(C(=O)CSC(=N)N(C(=N)Cc2cccc3ccccc23)C2CCCCC2)CC(C)O1. The van der Waals surface area contributed by atoms with Crippen LogP contribution in [-0.4, -0.2) is 63.8 Å². The Hall–Kier alpha value is -2.38. The Kier molecular flexibility index (Phi) is 8.27. The summed E-state index contributed by atoms with van der Waals surface area (Å²) < 4.78 is 5.75. The van der Waals surface area contributed by atoms with Crippen LogP contribution >= 0.6 is 11.8 Å². The maximum Gasteiger partial charge on any atom is 0.233 e. The molecule has 7 heteroatoms. The second-order valence-corrected chi connectivity index (χ2v) is 10.5. The quantitative estimate of drug-likeness (QED) is 0.450. The smallest absolute Gasteiger partial charge is 0.233 e. The molecule has 2 aliphatic rings. The number of thioether (sulfide) groups is 1. The summed E-state index contributed by atoms with van der Waals surface area (Å²) in [5.41, 5.74) is 1.11. The fraction of sp³-hybridized carbons (Fsp3) is 0.519. The van der Waals surface area contributed by atoms with Crippen molar-refractivity contribution in [3.05, 3.63) is 48.0 Å². The van der Waals surface area contributed by atoms with Gasteiger partial charge in [0.25, 0.3) is 0 Å². The maximum atomic E-state index is 12.9. The molecule has 2 fully saturated rings. The number of carbonyl (C=O) groups excluding carboxylic acids is 1. The van der Waals surface area contributed by atoms with Gasteiger partial charge in [0, 0.05) is 25.6 Å². The zero-order valence-corrected chi connectivity index (χ0v) is 21.1. The molecule has 2 N–H and O–H groups in total. The molecule has 0 bridgehead atoms. The number of amidine groups is 2. The number of morpholine rings is 1. The molecule has 2 aromatic rings. The topological polar surface area (TPSA) is 80.5 Å². The first-order valence-electron chi connectivity index (χ1n) is 12.4. The minimum Gasteiger partial charge on any atom is -0.372 e. The van der Waals surface area contributed by atoms with Gasteiger partial charge in [-0.2, -0.15) is 0 Å². The summed E-state index contributed by atoms with van der Waals surface area (Å²) in [4.78, 5) is 16.6. The van der Waals surface area contributed by atoms with E-state index in [0.717, 1.165) is 36.6 Å². The van der Waals surface area contributed by atoms with Crippen LogP contribution in [0.2, 0.25) is 0 Å². The molecule has 1 amide bonds. The van der Waals surface area contributed by atoms with E-state index in [0.29, 0.717) is 30.5 Å². The molecule has 1 aliphatic carbocycles. The van der Waals surface area contributed by atoms with Crippen LogP contribution in [0.15, 0.2) is 42.5 Å².